The number of carboxylic acid groups (broad SMARTS) is 1. The first-order valence-electron chi connectivity index (χ1n) is 13.0. The SMILES string of the molecule is CC(CCCCCCCCC=CC(=O)O)OC1OC(C)C(OC(=O)c2c[nH]c3ccccc23)CC1O. The Labute approximate surface area is 212 Å². The molecule has 1 aromatic heterocycles. The molecule has 1 saturated heterocycles. The number of nitrogens with one attached hydrogen (secondary N) is 1. The zero-order chi connectivity index (χ0) is 25.9. The van der Waals surface area contributed by atoms with Gasteiger partial charge in [-0.2, -0.15) is 0 Å². The standard InChI is InChI=1S/C28H39NO7/c1-19(13-9-7-5-3-4-6-8-10-16-26(31)32)34-28-24(30)17-25(20(2)35-28)36-27(33)22-18-29-23-15-12-11-14-21(22)23/h10-12,14-16,18-20,24-25,28-30H,3-9,13,17H2,1-2H3,(H,31,32). The highest BCUT2D eigenvalue weighted by Gasteiger charge is 2.38. The number of H-pyrrole nitrogens is 1. The summed E-state index contributed by atoms with van der Waals surface area (Å²) in [6.45, 7) is 3.82. The van der Waals surface area contributed by atoms with Crippen molar-refractivity contribution in [1.82, 2.24) is 4.98 Å². The molecule has 3 rings (SSSR count). The van der Waals surface area contributed by atoms with E-state index >= 15 is 0 Å². The Morgan fingerprint density at radius 1 is 1.17 bits per heavy atom. The van der Waals surface area contributed by atoms with Crippen LogP contribution in [0.4, 0.5) is 0 Å². The van der Waals surface area contributed by atoms with Crippen LogP contribution in [0.1, 0.15) is 82.0 Å². The zero-order valence-corrected chi connectivity index (χ0v) is 21.2. The molecule has 2 aromatic rings. The summed E-state index contributed by atoms with van der Waals surface area (Å²) in [5.41, 5.74) is 1.33. The number of carbonyl (C=O) groups is 2. The van der Waals surface area contributed by atoms with E-state index in [-0.39, 0.29) is 12.5 Å². The van der Waals surface area contributed by atoms with Crippen LogP contribution in [0.2, 0.25) is 0 Å². The van der Waals surface area contributed by atoms with Crippen molar-refractivity contribution in [2.24, 2.45) is 0 Å². The third-order valence-corrected chi connectivity index (χ3v) is 6.59. The van der Waals surface area contributed by atoms with Crippen molar-refractivity contribution >= 4 is 22.8 Å². The Morgan fingerprint density at radius 2 is 1.89 bits per heavy atom. The predicted octanol–water partition coefficient (Wildman–Crippen LogP) is 5.36. The van der Waals surface area contributed by atoms with E-state index in [4.69, 9.17) is 19.3 Å². The van der Waals surface area contributed by atoms with Gasteiger partial charge in [0, 0.05) is 29.6 Å². The van der Waals surface area contributed by atoms with E-state index in [2.05, 4.69) is 4.98 Å². The molecule has 0 aliphatic carbocycles. The lowest BCUT2D eigenvalue weighted by molar-refractivity contribution is -0.273. The largest absolute Gasteiger partial charge is 0.478 e. The molecule has 1 aromatic carbocycles. The Morgan fingerprint density at radius 3 is 2.67 bits per heavy atom. The number of benzene rings is 1. The molecule has 3 N–H and O–H groups in total. The molecule has 8 heteroatoms. The van der Waals surface area contributed by atoms with Gasteiger partial charge >= 0.3 is 11.9 Å². The van der Waals surface area contributed by atoms with E-state index in [9.17, 15) is 14.7 Å². The van der Waals surface area contributed by atoms with E-state index < -0.39 is 36.5 Å². The van der Waals surface area contributed by atoms with Crippen molar-refractivity contribution in [1.29, 1.82) is 0 Å². The monoisotopic (exact) mass is 501 g/mol. The number of rotatable bonds is 14. The van der Waals surface area contributed by atoms with Gasteiger partial charge in [0.25, 0.3) is 0 Å². The maximum absolute atomic E-state index is 12.7. The summed E-state index contributed by atoms with van der Waals surface area (Å²) in [5, 5.41) is 20.0. The minimum absolute atomic E-state index is 0.0525. The number of carboxylic acids is 1. The highest BCUT2D eigenvalue weighted by molar-refractivity contribution is 6.04. The molecule has 0 amide bonds. The average molecular weight is 502 g/mol. The number of hydrogen-bond donors (Lipinski definition) is 3. The summed E-state index contributed by atoms with van der Waals surface area (Å²) < 4.78 is 17.6. The van der Waals surface area contributed by atoms with Crippen LogP contribution < -0.4 is 0 Å². The minimum atomic E-state index is -0.892. The third kappa shape index (κ3) is 8.47. The van der Waals surface area contributed by atoms with Gasteiger partial charge in [-0.1, -0.05) is 56.4 Å². The molecule has 198 valence electrons. The molecule has 5 unspecified atom stereocenters. The lowest BCUT2D eigenvalue weighted by Gasteiger charge is -2.38. The normalized spacial score (nSPS) is 23.2. The maximum atomic E-state index is 12.7. The van der Waals surface area contributed by atoms with Crippen LogP contribution in [0, 0.1) is 0 Å². The van der Waals surface area contributed by atoms with Crippen LogP contribution in [0.15, 0.2) is 42.6 Å². The van der Waals surface area contributed by atoms with Crippen LogP contribution >= 0.6 is 0 Å². The molecule has 8 nitrogen and oxygen atoms in total. The second-order valence-corrected chi connectivity index (χ2v) is 9.59. The Hall–Kier alpha value is -2.68. The lowest BCUT2D eigenvalue weighted by atomic mass is 10.0. The van der Waals surface area contributed by atoms with Crippen molar-refractivity contribution in [3.63, 3.8) is 0 Å². The molecule has 1 fully saturated rings. The van der Waals surface area contributed by atoms with E-state index in [0.29, 0.717) is 5.56 Å². The van der Waals surface area contributed by atoms with Crippen LogP contribution in [-0.2, 0) is 19.0 Å². The number of esters is 1. The fraction of sp³-hybridized carbons (Fsp3) is 0.571. The van der Waals surface area contributed by atoms with Gasteiger partial charge in [0.15, 0.2) is 6.29 Å². The van der Waals surface area contributed by atoms with E-state index in [1.54, 1.807) is 12.3 Å². The molecule has 1 aliphatic rings. The number of aliphatic hydroxyl groups excluding tert-OH is 1. The number of unbranched alkanes of at least 4 members (excludes halogenated alkanes) is 6. The van der Waals surface area contributed by atoms with Gasteiger partial charge in [0.05, 0.1) is 17.8 Å². The number of para-hydroxylation sites is 1. The number of ether oxygens (including phenoxy) is 3. The highest BCUT2D eigenvalue weighted by atomic mass is 16.7. The lowest BCUT2D eigenvalue weighted by Crippen LogP contribution is -2.49. The number of hydrogen-bond acceptors (Lipinski definition) is 6. The molecular formula is C28H39NO7. The number of carbonyl (C=O) groups excluding carboxylic acids is 1. The van der Waals surface area contributed by atoms with Crippen molar-refractivity contribution < 1.29 is 34.0 Å². The minimum Gasteiger partial charge on any atom is -0.478 e. The van der Waals surface area contributed by atoms with Gasteiger partial charge in [-0.3, -0.25) is 0 Å². The quantitative estimate of drug-likeness (QED) is 0.181. The number of aromatic amines is 1. The second kappa shape index (κ2) is 14.2. The van der Waals surface area contributed by atoms with Gasteiger partial charge in [0.1, 0.15) is 12.2 Å². The van der Waals surface area contributed by atoms with Gasteiger partial charge in [-0.05, 0) is 39.2 Å². The number of aliphatic carboxylic acids is 1. The third-order valence-electron chi connectivity index (χ3n) is 6.59. The first-order valence-corrected chi connectivity index (χ1v) is 13.0. The highest BCUT2D eigenvalue weighted by Crippen LogP contribution is 2.27. The Balaban J connectivity index is 1.32. The van der Waals surface area contributed by atoms with Crippen molar-refractivity contribution in [3.8, 4) is 0 Å². The molecule has 0 saturated carbocycles. The van der Waals surface area contributed by atoms with Crippen molar-refractivity contribution in [3.05, 3.63) is 48.2 Å². The molecule has 5 atom stereocenters. The summed E-state index contributed by atoms with van der Waals surface area (Å²) in [6.07, 6.45) is 10.4. The fourth-order valence-electron chi connectivity index (χ4n) is 4.52. The molecule has 0 bridgehead atoms. The Kier molecular flexibility index (Phi) is 11.0. The van der Waals surface area contributed by atoms with Crippen molar-refractivity contribution in [2.75, 3.05) is 0 Å². The van der Waals surface area contributed by atoms with Crippen LogP contribution in [0.25, 0.3) is 10.9 Å². The summed E-state index contributed by atoms with van der Waals surface area (Å²) in [5.74, 6) is -1.33. The Bertz CT molecular complexity index is 1000. The number of fused-ring (bicyclic) bond motifs is 1. The summed E-state index contributed by atoms with van der Waals surface area (Å²) in [7, 11) is 0. The number of allylic oxidation sites excluding steroid dienone is 1. The first-order chi connectivity index (χ1) is 17.3. The summed E-state index contributed by atoms with van der Waals surface area (Å²) in [4.78, 5) is 26.2. The first kappa shape index (κ1) is 27.9. The topological polar surface area (TPSA) is 118 Å². The van der Waals surface area contributed by atoms with Crippen LogP contribution in [0.3, 0.4) is 0 Å². The zero-order valence-electron chi connectivity index (χ0n) is 21.2. The van der Waals surface area contributed by atoms with Crippen molar-refractivity contribution in [2.45, 2.75) is 102 Å². The molecule has 0 spiro atoms. The van der Waals surface area contributed by atoms with Crippen LogP contribution in [0.5, 0.6) is 0 Å². The summed E-state index contributed by atoms with van der Waals surface area (Å²) >= 11 is 0. The number of aromatic nitrogens is 1. The van der Waals surface area contributed by atoms with Gasteiger partial charge in [-0.25, -0.2) is 9.59 Å². The summed E-state index contributed by atoms with van der Waals surface area (Å²) in [6, 6.07) is 7.54. The predicted molar refractivity (Wildman–Crippen MR) is 137 cm³/mol. The molecule has 0 radical (unpaired) electrons. The molecular weight excluding hydrogens is 462 g/mol. The van der Waals surface area contributed by atoms with E-state index in [1.807, 2.05) is 38.1 Å². The van der Waals surface area contributed by atoms with Gasteiger partial charge in [0.2, 0.25) is 0 Å². The van der Waals surface area contributed by atoms with Gasteiger partial charge in [-0.15, -0.1) is 0 Å². The number of aliphatic hydroxyl groups is 1. The maximum Gasteiger partial charge on any atom is 0.340 e. The van der Waals surface area contributed by atoms with Gasteiger partial charge < -0.3 is 29.4 Å². The average Bonchev–Trinajstić information content (AvgIpc) is 3.27. The molecule has 2 heterocycles. The van der Waals surface area contributed by atoms with E-state index in [1.165, 1.54) is 6.08 Å². The smallest absolute Gasteiger partial charge is 0.340 e. The molecule has 1 aliphatic heterocycles. The van der Waals surface area contributed by atoms with Crippen LogP contribution in [-0.4, -0.2) is 57.8 Å². The second-order valence-electron chi connectivity index (χ2n) is 9.59. The molecule has 36 heavy (non-hydrogen) atoms. The van der Waals surface area contributed by atoms with E-state index in [0.717, 1.165) is 62.3 Å². The fourth-order valence-corrected chi connectivity index (χ4v) is 4.52.